The summed E-state index contributed by atoms with van der Waals surface area (Å²) in [6, 6.07) is 15.5. The van der Waals surface area contributed by atoms with Gasteiger partial charge in [-0.3, -0.25) is 10.1 Å². The van der Waals surface area contributed by atoms with Crippen molar-refractivity contribution in [1.82, 2.24) is 4.72 Å². The third-order valence-corrected chi connectivity index (χ3v) is 4.90. The summed E-state index contributed by atoms with van der Waals surface area (Å²) in [4.78, 5) is 9.88. The van der Waals surface area contributed by atoms with Crippen molar-refractivity contribution in [2.24, 2.45) is 0 Å². The summed E-state index contributed by atoms with van der Waals surface area (Å²) in [5.41, 5.74) is 0.364. The van der Waals surface area contributed by atoms with Gasteiger partial charge in [-0.25, -0.2) is 13.1 Å². The van der Waals surface area contributed by atoms with Crippen molar-refractivity contribution in [3.63, 3.8) is 0 Å². The van der Waals surface area contributed by atoms with Crippen LogP contribution in [-0.2, 0) is 16.4 Å². The van der Waals surface area contributed by atoms with Crippen LogP contribution in [0.2, 0.25) is 0 Å². The van der Waals surface area contributed by atoms with E-state index in [1.807, 2.05) is 36.4 Å². The molecule has 0 amide bonds. The van der Waals surface area contributed by atoms with Crippen molar-refractivity contribution < 1.29 is 13.3 Å². The Morgan fingerprint density at radius 2 is 1.75 bits per heavy atom. The van der Waals surface area contributed by atoms with E-state index in [1.54, 1.807) is 0 Å². The molecule has 0 aromatic heterocycles. The Morgan fingerprint density at radius 1 is 1.12 bits per heavy atom. The molecule has 0 bridgehead atoms. The van der Waals surface area contributed by atoms with Gasteiger partial charge in [0, 0.05) is 12.1 Å². The maximum Gasteiger partial charge on any atom is 0.289 e. The molecule has 1 N–H and O–H groups in total. The van der Waals surface area contributed by atoms with Gasteiger partial charge in [0.1, 0.15) is 0 Å². The summed E-state index contributed by atoms with van der Waals surface area (Å²) >= 11 is 0. The third kappa shape index (κ3) is 4.38. The van der Waals surface area contributed by atoms with Gasteiger partial charge in [0.2, 0.25) is 10.0 Å². The molecular formula is C16H15N3O4S. The summed E-state index contributed by atoms with van der Waals surface area (Å²) in [5.74, 6) is 0. The van der Waals surface area contributed by atoms with Crippen LogP contribution in [0.25, 0.3) is 0 Å². The molecule has 0 saturated carbocycles. The monoisotopic (exact) mass is 345 g/mol. The van der Waals surface area contributed by atoms with Crippen LogP contribution in [0.15, 0.2) is 59.5 Å². The zero-order chi connectivity index (χ0) is 17.6. The lowest BCUT2D eigenvalue weighted by atomic mass is 10.1. The van der Waals surface area contributed by atoms with E-state index in [4.69, 9.17) is 5.26 Å². The molecule has 0 spiro atoms. The lowest BCUT2D eigenvalue weighted by Gasteiger charge is -2.16. The molecule has 0 radical (unpaired) electrons. The van der Waals surface area contributed by atoms with Crippen molar-refractivity contribution in [3.8, 4) is 6.07 Å². The minimum absolute atomic E-state index is 0.0469. The molecule has 0 aliphatic heterocycles. The zero-order valence-electron chi connectivity index (χ0n) is 12.6. The van der Waals surface area contributed by atoms with E-state index >= 15 is 0 Å². The fourth-order valence-electron chi connectivity index (χ4n) is 2.28. The highest BCUT2D eigenvalue weighted by Gasteiger charge is 2.27. The molecule has 2 aromatic rings. The molecule has 124 valence electrons. The second-order valence-corrected chi connectivity index (χ2v) is 6.78. The first-order chi connectivity index (χ1) is 11.4. The predicted molar refractivity (Wildman–Crippen MR) is 87.6 cm³/mol. The second-order valence-electron chi connectivity index (χ2n) is 5.10. The topological polar surface area (TPSA) is 113 Å². The quantitative estimate of drug-likeness (QED) is 0.611. The van der Waals surface area contributed by atoms with Gasteiger partial charge in [0.15, 0.2) is 4.90 Å². The molecule has 0 saturated heterocycles. The number of hydrogen-bond acceptors (Lipinski definition) is 5. The molecule has 0 heterocycles. The number of nitro groups is 1. The van der Waals surface area contributed by atoms with Gasteiger partial charge in [-0.2, -0.15) is 5.26 Å². The van der Waals surface area contributed by atoms with E-state index in [9.17, 15) is 18.5 Å². The van der Waals surface area contributed by atoms with Gasteiger partial charge in [0.05, 0.1) is 17.4 Å². The van der Waals surface area contributed by atoms with Crippen LogP contribution in [0.3, 0.4) is 0 Å². The Labute approximate surface area is 139 Å². The van der Waals surface area contributed by atoms with E-state index < -0.39 is 31.6 Å². The first-order valence-corrected chi connectivity index (χ1v) is 8.59. The SMILES string of the molecule is N#CC[C@@H](Cc1ccccc1)NS(=O)(=O)c1ccccc1[N+](=O)[O-]. The average molecular weight is 345 g/mol. The number of nitrogens with zero attached hydrogens (tertiary/aromatic N) is 2. The average Bonchev–Trinajstić information content (AvgIpc) is 2.55. The zero-order valence-corrected chi connectivity index (χ0v) is 13.4. The summed E-state index contributed by atoms with van der Waals surface area (Å²) in [7, 11) is -4.12. The number of nitriles is 1. The predicted octanol–water partition coefficient (Wildman–Crippen LogP) is 2.40. The van der Waals surface area contributed by atoms with Gasteiger partial charge in [-0.05, 0) is 18.1 Å². The second kappa shape index (κ2) is 7.68. The number of hydrogen-bond donors (Lipinski definition) is 1. The maximum absolute atomic E-state index is 12.5. The number of nitro benzene ring substituents is 1. The van der Waals surface area contributed by atoms with Crippen LogP contribution in [0, 0.1) is 21.4 Å². The Kier molecular flexibility index (Phi) is 5.63. The highest BCUT2D eigenvalue weighted by atomic mass is 32.2. The molecule has 1 atom stereocenters. The van der Waals surface area contributed by atoms with Crippen LogP contribution < -0.4 is 4.72 Å². The normalized spacial score (nSPS) is 12.3. The smallest absolute Gasteiger partial charge is 0.258 e. The Bertz CT molecular complexity index is 860. The summed E-state index contributed by atoms with van der Waals surface area (Å²) in [6.45, 7) is 0. The first-order valence-electron chi connectivity index (χ1n) is 7.10. The molecule has 0 fully saturated rings. The van der Waals surface area contributed by atoms with Crippen LogP contribution in [-0.4, -0.2) is 19.4 Å². The highest BCUT2D eigenvalue weighted by molar-refractivity contribution is 7.89. The molecular weight excluding hydrogens is 330 g/mol. The van der Waals surface area contributed by atoms with Crippen molar-refractivity contribution in [2.45, 2.75) is 23.8 Å². The molecule has 7 nitrogen and oxygen atoms in total. The fourth-order valence-corrected chi connectivity index (χ4v) is 3.69. The number of nitrogens with one attached hydrogen (secondary N) is 1. The molecule has 2 rings (SSSR count). The molecule has 0 aliphatic rings. The van der Waals surface area contributed by atoms with E-state index in [1.165, 1.54) is 18.2 Å². The number of sulfonamides is 1. The van der Waals surface area contributed by atoms with E-state index in [0.717, 1.165) is 11.6 Å². The standard InChI is InChI=1S/C16H15N3O4S/c17-11-10-14(12-13-6-2-1-3-7-13)18-24(22,23)16-9-5-4-8-15(16)19(20)21/h1-9,14,18H,10,12H2/t14-/m0/s1. The number of para-hydroxylation sites is 1. The third-order valence-electron chi connectivity index (χ3n) is 3.34. The van der Waals surface area contributed by atoms with Crippen LogP contribution in [0.4, 0.5) is 5.69 Å². The maximum atomic E-state index is 12.5. The van der Waals surface area contributed by atoms with Gasteiger partial charge >= 0.3 is 0 Å². The largest absolute Gasteiger partial charge is 0.289 e. The fraction of sp³-hybridized carbons (Fsp3) is 0.188. The molecule has 24 heavy (non-hydrogen) atoms. The first kappa shape index (κ1) is 17.6. The summed E-state index contributed by atoms with van der Waals surface area (Å²) in [5, 5.41) is 20.0. The minimum Gasteiger partial charge on any atom is -0.258 e. The van der Waals surface area contributed by atoms with E-state index in [-0.39, 0.29) is 6.42 Å². The molecule has 2 aromatic carbocycles. The summed E-state index contributed by atoms with van der Waals surface area (Å²) in [6.07, 6.45) is 0.267. The van der Waals surface area contributed by atoms with Crippen LogP contribution in [0.5, 0.6) is 0 Å². The summed E-state index contributed by atoms with van der Waals surface area (Å²) < 4.78 is 27.4. The van der Waals surface area contributed by atoms with Gasteiger partial charge < -0.3 is 0 Å². The van der Waals surface area contributed by atoms with Crippen molar-refractivity contribution in [1.29, 1.82) is 5.26 Å². The van der Waals surface area contributed by atoms with Crippen LogP contribution in [0.1, 0.15) is 12.0 Å². The lowest BCUT2D eigenvalue weighted by molar-refractivity contribution is -0.387. The molecule has 0 aliphatic carbocycles. The number of rotatable bonds is 7. The van der Waals surface area contributed by atoms with Gasteiger partial charge in [-0.1, -0.05) is 42.5 Å². The Hall–Kier alpha value is -2.76. The van der Waals surface area contributed by atoms with Crippen molar-refractivity contribution in [2.75, 3.05) is 0 Å². The highest BCUT2D eigenvalue weighted by Crippen LogP contribution is 2.23. The van der Waals surface area contributed by atoms with Gasteiger partial charge in [0.25, 0.3) is 5.69 Å². The van der Waals surface area contributed by atoms with Crippen molar-refractivity contribution >= 4 is 15.7 Å². The molecule has 8 heteroatoms. The number of benzene rings is 2. The van der Waals surface area contributed by atoms with Gasteiger partial charge in [-0.15, -0.1) is 0 Å². The van der Waals surface area contributed by atoms with E-state index in [0.29, 0.717) is 6.42 Å². The van der Waals surface area contributed by atoms with Crippen LogP contribution >= 0.6 is 0 Å². The lowest BCUT2D eigenvalue weighted by Crippen LogP contribution is -2.36. The van der Waals surface area contributed by atoms with Crippen molar-refractivity contribution in [3.05, 3.63) is 70.3 Å². The minimum atomic E-state index is -4.12. The Balaban J connectivity index is 2.28. The molecule has 0 unspecified atom stereocenters. The van der Waals surface area contributed by atoms with E-state index in [2.05, 4.69) is 4.72 Å². The Morgan fingerprint density at radius 3 is 2.38 bits per heavy atom.